The summed E-state index contributed by atoms with van der Waals surface area (Å²) in [5.41, 5.74) is 0.854. The van der Waals surface area contributed by atoms with Crippen LogP contribution in [-0.2, 0) is 0 Å². The number of hydrogen-bond acceptors (Lipinski definition) is 3. The lowest BCUT2D eigenvalue weighted by molar-refractivity contribution is 0.414. The summed E-state index contributed by atoms with van der Waals surface area (Å²) in [6.07, 6.45) is 0. The zero-order valence-electron chi connectivity index (χ0n) is 8.74. The highest BCUT2D eigenvalue weighted by Gasteiger charge is 2.12. The third kappa shape index (κ3) is 1.92. The van der Waals surface area contributed by atoms with E-state index in [1.54, 1.807) is 11.7 Å². The number of benzene rings is 1. The minimum Gasteiger partial charge on any atom is -0.497 e. The van der Waals surface area contributed by atoms with Gasteiger partial charge in [0.15, 0.2) is 0 Å². The summed E-state index contributed by atoms with van der Waals surface area (Å²) >= 11 is 9.43. The monoisotopic (exact) mass is 301 g/mol. The summed E-state index contributed by atoms with van der Waals surface area (Å²) in [5.74, 6) is 1.47. The van der Waals surface area contributed by atoms with Crippen molar-refractivity contribution in [1.82, 2.24) is 14.8 Å². The molecule has 4 nitrogen and oxygen atoms in total. The van der Waals surface area contributed by atoms with Gasteiger partial charge in [-0.2, -0.15) is 0 Å². The molecule has 1 aromatic heterocycles. The predicted octanol–water partition coefficient (Wildman–Crippen LogP) is 3.00. The Kier molecular flexibility index (Phi) is 3.16. The van der Waals surface area contributed by atoms with Crippen LogP contribution in [-0.4, -0.2) is 21.9 Å². The Hall–Kier alpha value is -1.07. The van der Waals surface area contributed by atoms with Gasteiger partial charge in [-0.1, -0.05) is 0 Å². The van der Waals surface area contributed by atoms with Crippen LogP contribution in [0.25, 0.3) is 5.69 Å². The molecule has 0 radical (unpaired) electrons. The van der Waals surface area contributed by atoms with Crippen LogP contribution in [0, 0.1) is 6.92 Å². The van der Waals surface area contributed by atoms with Crippen molar-refractivity contribution < 1.29 is 4.74 Å². The Labute approximate surface area is 106 Å². The number of halogens is 2. The van der Waals surface area contributed by atoms with Crippen LogP contribution in [0.3, 0.4) is 0 Å². The molecule has 0 aliphatic heterocycles. The van der Waals surface area contributed by atoms with E-state index in [2.05, 4.69) is 26.1 Å². The molecule has 0 amide bonds. The number of ether oxygens (including phenoxy) is 1. The van der Waals surface area contributed by atoms with Crippen LogP contribution in [0.4, 0.5) is 0 Å². The molecule has 1 heterocycles. The minimum atomic E-state index is 0.325. The molecule has 0 aliphatic carbocycles. The molecule has 2 aromatic rings. The second-order valence-corrected chi connectivity index (χ2v) is 4.36. The topological polar surface area (TPSA) is 39.9 Å². The molecule has 16 heavy (non-hydrogen) atoms. The van der Waals surface area contributed by atoms with Crippen LogP contribution < -0.4 is 4.74 Å². The summed E-state index contributed by atoms with van der Waals surface area (Å²) in [5, 5.41) is 8.04. The number of hydrogen-bond donors (Lipinski definition) is 0. The van der Waals surface area contributed by atoms with Gasteiger partial charge in [0, 0.05) is 10.5 Å². The summed E-state index contributed by atoms with van der Waals surface area (Å²) in [6.45, 7) is 1.84. The Bertz CT molecular complexity index is 507. The van der Waals surface area contributed by atoms with Crippen molar-refractivity contribution in [3.63, 3.8) is 0 Å². The highest BCUT2D eigenvalue weighted by molar-refractivity contribution is 9.10. The van der Waals surface area contributed by atoms with Gasteiger partial charge in [0.25, 0.3) is 0 Å². The maximum absolute atomic E-state index is 5.97. The van der Waals surface area contributed by atoms with Crippen LogP contribution in [0.5, 0.6) is 5.75 Å². The van der Waals surface area contributed by atoms with Gasteiger partial charge in [-0.05, 0) is 46.6 Å². The van der Waals surface area contributed by atoms with Crippen LogP contribution in [0.2, 0.25) is 5.28 Å². The molecule has 1 aromatic carbocycles. The molecule has 84 valence electrons. The van der Waals surface area contributed by atoms with Crippen molar-refractivity contribution >= 4 is 27.5 Å². The first-order valence-electron chi connectivity index (χ1n) is 4.55. The summed E-state index contributed by atoms with van der Waals surface area (Å²) in [7, 11) is 1.62. The number of methoxy groups -OCH3 is 1. The number of aryl methyl sites for hydroxylation is 1. The smallest absolute Gasteiger partial charge is 0.229 e. The Morgan fingerprint density at radius 3 is 2.69 bits per heavy atom. The largest absolute Gasteiger partial charge is 0.497 e. The standard InChI is InChI=1S/C10H9BrClN3O/c1-6-13-14-10(12)15(6)9-5-7(16-2)3-4-8(9)11/h3-5H,1-2H3. The first kappa shape index (κ1) is 11.4. The molecule has 0 saturated heterocycles. The van der Waals surface area contributed by atoms with Crippen molar-refractivity contribution in [3.05, 3.63) is 33.8 Å². The molecular formula is C10H9BrClN3O. The van der Waals surface area contributed by atoms with Gasteiger partial charge in [-0.3, -0.25) is 4.57 Å². The van der Waals surface area contributed by atoms with E-state index in [4.69, 9.17) is 16.3 Å². The van der Waals surface area contributed by atoms with E-state index in [-0.39, 0.29) is 0 Å². The molecular weight excluding hydrogens is 293 g/mol. The average molecular weight is 303 g/mol. The van der Waals surface area contributed by atoms with Crippen molar-refractivity contribution in [1.29, 1.82) is 0 Å². The fraction of sp³-hybridized carbons (Fsp3) is 0.200. The Morgan fingerprint density at radius 1 is 1.38 bits per heavy atom. The second kappa shape index (κ2) is 4.43. The molecule has 0 N–H and O–H groups in total. The number of aromatic nitrogens is 3. The summed E-state index contributed by atoms with van der Waals surface area (Å²) < 4.78 is 7.81. The molecule has 2 rings (SSSR count). The maximum Gasteiger partial charge on any atom is 0.229 e. The number of rotatable bonds is 2. The number of nitrogens with zero attached hydrogens (tertiary/aromatic N) is 3. The highest BCUT2D eigenvalue weighted by atomic mass is 79.9. The van der Waals surface area contributed by atoms with Gasteiger partial charge in [0.05, 0.1) is 12.8 Å². The third-order valence-electron chi connectivity index (χ3n) is 2.18. The normalized spacial score (nSPS) is 10.5. The first-order chi connectivity index (χ1) is 7.63. The van der Waals surface area contributed by atoms with E-state index < -0.39 is 0 Å². The van der Waals surface area contributed by atoms with Crippen LogP contribution in [0.15, 0.2) is 22.7 Å². The van der Waals surface area contributed by atoms with Gasteiger partial charge in [-0.25, -0.2) is 0 Å². The Balaban J connectivity index is 2.63. The Morgan fingerprint density at radius 2 is 2.12 bits per heavy atom. The van der Waals surface area contributed by atoms with E-state index in [1.165, 1.54) is 0 Å². The first-order valence-corrected chi connectivity index (χ1v) is 5.72. The minimum absolute atomic E-state index is 0.325. The van der Waals surface area contributed by atoms with Crippen molar-refractivity contribution in [3.8, 4) is 11.4 Å². The SMILES string of the molecule is COc1ccc(Br)c(-n2c(C)nnc2Cl)c1. The van der Waals surface area contributed by atoms with Gasteiger partial charge in [0.2, 0.25) is 5.28 Å². The van der Waals surface area contributed by atoms with E-state index in [1.807, 2.05) is 25.1 Å². The lowest BCUT2D eigenvalue weighted by Crippen LogP contribution is -1.99. The van der Waals surface area contributed by atoms with Crippen molar-refractivity contribution in [2.45, 2.75) is 6.92 Å². The zero-order chi connectivity index (χ0) is 11.7. The lowest BCUT2D eigenvalue weighted by Gasteiger charge is -2.09. The predicted molar refractivity (Wildman–Crippen MR) is 65.4 cm³/mol. The van der Waals surface area contributed by atoms with Crippen molar-refractivity contribution in [2.24, 2.45) is 0 Å². The van der Waals surface area contributed by atoms with Gasteiger partial charge in [-0.15, -0.1) is 10.2 Å². The van der Waals surface area contributed by atoms with E-state index >= 15 is 0 Å². The van der Waals surface area contributed by atoms with Crippen LogP contribution in [0.1, 0.15) is 5.82 Å². The fourth-order valence-corrected chi connectivity index (χ4v) is 2.08. The molecule has 6 heteroatoms. The zero-order valence-corrected chi connectivity index (χ0v) is 11.1. The third-order valence-corrected chi connectivity index (χ3v) is 3.09. The van der Waals surface area contributed by atoms with Gasteiger partial charge < -0.3 is 4.74 Å². The lowest BCUT2D eigenvalue weighted by atomic mass is 10.3. The van der Waals surface area contributed by atoms with E-state index in [0.29, 0.717) is 5.28 Å². The molecule has 0 aliphatic rings. The molecule has 0 fully saturated rings. The summed E-state index contributed by atoms with van der Waals surface area (Å²) in [6, 6.07) is 5.62. The molecule has 0 bridgehead atoms. The fourth-order valence-electron chi connectivity index (χ4n) is 1.40. The van der Waals surface area contributed by atoms with Gasteiger partial charge in [0.1, 0.15) is 11.6 Å². The van der Waals surface area contributed by atoms with E-state index in [9.17, 15) is 0 Å². The maximum atomic E-state index is 5.97. The van der Waals surface area contributed by atoms with E-state index in [0.717, 1.165) is 21.7 Å². The highest BCUT2D eigenvalue weighted by Crippen LogP contribution is 2.28. The molecule has 0 spiro atoms. The van der Waals surface area contributed by atoms with Gasteiger partial charge >= 0.3 is 0 Å². The molecule has 0 unspecified atom stereocenters. The van der Waals surface area contributed by atoms with Crippen molar-refractivity contribution in [2.75, 3.05) is 7.11 Å². The quantitative estimate of drug-likeness (QED) is 0.856. The molecule has 0 saturated carbocycles. The average Bonchev–Trinajstić information content (AvgIpc) is 2.60. The molecule has 0 atom stereocenters. The van der Waals surface area contributed by atoms with Crippen LogP contribution >= 0.6 is 27.5 Å². The second-order valence-electron chi connectivity index (χ2n) is 3.17. The summed E-state index contributed by atoms with van der Waals surface area (Å²) in [4.78, 5) is 0.